The second-order valence-corrected chi connectivity index (χ2v) is 8.56. The van der Waals surface area contributed by atoms with E-state index in [9.17, 15) is 18.0 Å². The van der Waals surface area contributed by atoms with Crippen LogP contribution in [-0.2, 0) is 14.8 Å². The second kappa shape index (κ2) is 9.67. The van der Waals surface area contributed by atoms with Crippen LogP contribution in [0.5, 0.6) is 0 Å². The van der Waals surface area contributed by atoms with Crippen molar-refractivity contribution >= 4 is 27.5 Å². The number of nitrogens with one attached hydrogen (secondary N) is 3. The zero-order chi connectivity index (χ0) is 21.6. The molecule has 2 amide bonds. The average Bonchev–Trinajstić information content (AvgIpc) is 2.64. The van der Waals surface area contributed by atoms with Gasteiger partial charge in [-0.3, -0.25) is 9.59 Å². The van der Waals surface area contributed by atoms with Crippen LogP contribution in [0, 0.1) is 20.8 Å². The van der Waals surface area contributed by atoms with Gasteiger partial charge in [-0.25, -0.2) is 13.1 Å². The van der Waals surface area contributed by atoms with Crippen LogP contribution in [0.25, 0.3) is 0 Å². The summed E-state index contributed by atoms with van der Waals surface area (Å²) in [6.07, 6.45) is 0.375. The maximum atomic E-state index is 12.6. The van der Waals surface area contributed by atoms with Crippen LogP contribution in [0.3, 0.4) is 0 Å². The molecule has 0 bridgehead atoms. The monoisotopic (exact) mass is 417 g/mol. The van der Waals surface area contributed by atoms with Crippen LogP contribution in [0.15, 0.2) is 41.3 Å². The summed E-state index contributed by atoms with van der Waals surface area (Å²) in [7, 11) is -3.66. The van der Waals surface area contributed by atoms with Crippen molar-refractivity contribution in [2.24, 2.45) is 0 Å². The van der Waals surface area contributed by atoms with Gasteiger partial charge in [-0.1, -0.05) is 24.6 Å². The molecule has 2 aromatic rings. The Balaban J connectivity index is 1.90. The zero-order valence-electron chi connectivity index (χ0n) is 17.1. The Labute approximate surface area is 172 Å². The van der Waals surface area contributed by atoms with Crippen molar-refractivity contribution in [2.75, 3.05) is 18.4 Å². The molecule has 8 heteroatoms. The molecule has 0 aliphatic heterocycles. The highest BCUT2D eigenvalue weighted by Gasteiger charge is 2.19. The van der Waals surface area contributed by atoms with Crippen molar-refractivity contribution in [3.63, 3.8) is 0 Å². The van der Waals surface area contributed by atoms with Gasteiger partial charge in [0, 0.05) is 30.8 Å². The number of carbonyl (C=O) groups is 2. The summed E-state index contributed by atoms with van der Waals surface area (Å²) < 4.78 is 27.7. The van der Waals surface area contributed by atoms with Crippen molar-refractivity contribution in [3.05, 3.63) is 58.7 Å². The Morgan fingerprint density at radius 3 is 2.07 bits per heavy atom. The fraction of sp³-hybridized carbons (Fsp3) is 0.333. The molecule has 0 atom stereocenters. The molecule has 2 aromatic carbocycles. The molecule has 3 N–H and O–H groups in total. The summed E-state index contributed by atoms with van der Waals surface area (Å²) in [6.45, 7) is 7.43. The summed E-state index contributed by atoms with van der Waals surface area (Å²) in [6, 6.07) is 10.2. The molecule has 0 unspecified atom stereocenters. The van der Waals surface area contributed by atoms with E-state index >= 15 is 0 Å². The summed E-state index contributed by atoms with van der Waals surface area (Å²) >= 11 is 0. The molecule has 0 aliphatic carbocycles. The Kier molecular flexibility index (Phi) is 7.53. The lowest BCUT2D eigenvalue weighted by Crippen LogP contribution is -2.35. The molecular formula is C21H27N3O4S. The highest BCUT2D eigenvalue weighted by atomic mass is 32.2. The number of sulfonamides is 1. The molecule has 0 aliphatic rings. The molecule has 0 saturated carbocycles. The standard InChI is InChI=1S/C21H27N3O4S/c1-5-19(25)24-18-8-6-17(7-9-18)21(26)22-10-11-23-29(27,28)20-15(3)12-14(2)13-16(20)4/h6-9,12-13,23H,5,10-11H2,1-4H3,(H,22,26)(H,24,25). The lowest BCUT2D eigenvalue weighted by molar-refractivity contribution is -0.115. The molecular weight excluding hydrogens is 390 g/mol. The van der Waals surface area contributed by atoms with E-state index in [1.165, 1.54) is 0 Å². The highest BCUT2D eigenvalue weighted by molar-refractivity contribution is 7.89. The van der Waals surface area contributed by atoms with E-state index in [1.807, 2.05) is 19.1 Å². The molecule has 2 rings (SSSR count). The number of aryl methyl sites for hydroxylation is 3. The van der Waals surface area contributed by atoms with Crippen LogP contribution in [0.1, 0.15) is 40.4 Å². The summed E-state index contributed by atoms with van der Waals surface area (Å²) in [5.74, 6) is -0.422. The number of hydrogen-bond donors (Lipinski definition) is 3. The first-order valence-electron chi connectivity index (χ1n) is 9.39. The molecule has 7 nitrogen and oxygen atoms in total. The van der Waals surface area contributed by atoms with Crippen molar-refractivity contribution in [1.82, 2.24) is 10.0 Å². The number of amides is 2. The SMILES string of the molecule is CCC(=O)Nc1ccc(C(=O)NCCNS(=O)(=O)c2c(C)cc(C)cc2C)cc1. The lowest BCUT2D eigenvalue weighted by Gasteiger charge is -2.13. The van der Waals surface area contributed by atoms with Crippen LogP contribution in [0.2, 0.25) is 0 Å². The molecule has 0 radical (unpaired) electrons. The van der Waals surface area contributed by atoms with Crippen molar-refractivity contribution in [3.8, 4) is 0 Å². The Morgan fingerprint density at radius 2 is 1.52 bits per heavy atom. The minimum absolute atomic E-state index is 0.0749. The van der Waals surface area contributed by atoms with E-state index < -0.39 is 10.0 Å². The first kappa shape index (κ1) is 22.6. The number of anilines is 1. The molecule has 0 spiro atoms. The third-order valence-corrected chi connectivity index (χ3v) is 6.09. The average molecular weight is 418 g/mol. The second-order valence-electron chi connectivity index (χ2n) is 6.86. The van der Waals surface area contributed by atoms with E-state index in [0.717, 1.165) is 5.56 Å². The van der Waals surface area contributed by atoms with Gasteiger partial charge in [0.2, 0.25) is 15.9 Å². The van der Waals surface area contributed by atoms with Crippen LogP contribution in [-0.4, -0.2) is 33.3 Å². The van der Waals surface area contributed by atoms with Gasteiger partial charge in [0.1, 0.15) is 0 Å². The van der Waals surface area contributed by atoms with Gasteiger partial charge in [-0.05, 0) is 56.2 Å². The summed E-state index contributed by atoms with van der Waals surface area (Å²) in [5, 5.41) is 5.39. The summed E-state index contributed by atoms with van der Waals surface area (Å²) in [4.78, 5) is 23.8. The van der Waals surface area contributed by atoms with Gasteiger partial charge in [0.05, 0.1) is 4.90 Å². The smallest absolute Gasteiger partial charge is 0.251 e. The van der Waals surface area contributed by atoms with Gasteiger partial charge in [0.15, 0.2) is 0 Å². The van der Waals surface area contributed by atoms with Gasteiger partial charge in [0.25, 0.3) is 5.91 Å². The van der Waals surface area contributed by atoms with E-state index in [1.54, 1.807) is 45.0 Å². The first-order valence-corrected chi connectivity index (χ1v) is 10.9. The third-order valence-electron chi connectivity index (χ3n) is 4.33. The Hall–Kier alpha value is -2.71. The first-order chi connectivity index (χ1) is 13.6. The van der Waals surface area contributed by atoms with Crippen LogP contribution in [0.4, 0.5) is 5.69 Å². The Morgan fingerprint density at radius 1 is 0.931 bits per heavy atom. The zero-order valence-corrected chi connectivity index (χ0v) is 17.9. The Bertz CT molecular complexity index is 976. The number of hydrogen-bond acceptors (Lipinski definition) is 4. The van der Waals surface area contributed by atoms with E-state index in [4.69, 9.17) is 0 Å². The minimum Gasteiger partial charge on any atom is -0.351 e. The van der Waals surface area contributed by atoms with Gasteiger partial charge < -0.3 is 10.6 Å². The minimum atomic E-state index is -3.66. The van der Waals surface area contributed by atoms with E-state index in [0.29, 0.717) is 28.8 Å². The maximum Gasteiger partial charge on any atom is 0.251 e. The van der Waals surface area contributed by atoms with Gasteiger partial charge in [-0.15, -0.1) is 0 Å². The fourth-order valence-corrected chi connectivity index (χ4v) is 4.56. The van der Waals surface area contributed by atoms with E-state index in [-0.39, 0.29) is 29.8 Å². The quantitative estimate of drug-likeness (QED) is 0.574. The summed E-state index contributed by atoms with van der Waals surface area (Å²) in [5.41, 5.74) is 3.42. The van der Waals surface area contributed by atoms with Crippen molar-refractivity contribution < 1.29 is 18.0 Å². The van der Waals surface area contributed by atoms with Gasteiger partial charge in [-0.2, -0.15) is 0 Å². The number of benzene rings is 2. The van der Waals surface area contributed by atoms with Crippen LogP contribution >= 0.6 is 0 Å². The molecule has 0 heterocycles. The van der Waals surface area contributed by atoms with Crippen LogP contribution < -0.4 is 15.4 Å². The molecule has 0 aromatic heterocycles. The topological polar surface area (TPSA) is 104 Å². The molecule has 156 valence electrons. The largest absolute Gasteiger partial charge is 0.351 e. The molecule has 29 heavy (non-hydrogen) atoms. The maximum absolute atomic E-state index is 12.6. The molecule has 0 saturated heterocycles. The third kappa shape index (κ3) is 6.13. The van der Waals surface area contributed by atoms with Gasteiger partial charge >= 0.3 is 0 Å². The number of carbonyl (C=O) groups excluding carboxylic acids is 2. The number of rotatable bonds is 8. The predicted molar refractivity (Wildman–Crippen MR) is 114 cm³/mol. The normalized spacial score (nSPS) is 11.2. The van der Waals surface area contributed by atoms with Crippen molar-refractivity contribution in [2.45, 2.75) is 39.0 Å². The van der Waals surface area contributed by atoms with Crippen molar-refractivity contribution in [1.29, 1.82) is 0 Å². The highest BCUT2D eigenvalue weighted by Crippen LogP contribution is 2.21. The fourth-order valence-electron chi connectivity index (χ4n) is 3.08. The molecule has 0 fully saturated rings. The lowest BCUT2D eigenvalue weighted by atomic mass is 10.1. The van der Waals surface area contributed by atoms with E-state index in [2.05, 4.69) is 15.4 Å². The predicted octanol–water partition coefficient (Wildman–Crippen LogP) is 2.67.